The summed E-state index contributed by atoms with van der Waals surface area (Å²) >= 11 is 5.82. The number of rotatable bonds is 3. The summed E-state index contributed by atoms with van der Waals surface area (Å²) in [6.07, 6.45) is 4.11. The van der Waals surface area contributed by atoms with Gasteiger partial charge in [-0.1, -0.05) is 48.0 Å². The lowest BCUT2D eigenvalue weighted by molar-refractivity contribution is 0.415. The van der Waals surface area contributed by atoms with E-state index < -0.39 is 0 Å². The van der Waals surface area contributed by atoms with Crippen LogP contribution in [0.2, 0.25) is 5.02 Å². The van der Waals surface area contributed by atoms with Crippen LogP contribution in [0.15, 0.2) is 48.5 Å². The Morgan fingerprint density at radius 3 is 1.76 bits per heavy atom. The second kappa shape index (κ2) is 5.55. The predicted octanol–water partition coefficient (Wildman–Crippen LogP) is 4.52. The Hall–Kier alpha value is -1.73. The van der Waals surface area contributed by atoms with Crippen molar-refractivity contribution in [3.63, 3.8) is 0 Å². The molecule has 2 heteroatoms. The smallest absolute Gasteiger partial charge is 0.118 e. The summed E-state index contributed by atoms with van der Waals surface area (Å²) < 4.78 is 5.11. The van der Waals surface area contributed by atoms with E-state index in [4.69, 9.17) is 16.3 Å². The van der Waals surface area contributed by atoms with Crippen LogP contribution in [-0.4, -0.2) is 7.11 Å². The molecule has 0 unspecified atom stereocenters. The van der Waals surface area contributed by atoms with Crippen molar-refractivity contribution < 1.29 is 4.74 Å². The van der Waals surface area contributed by atoms with Crippen LogP contribution in [0, 0.1) is 0 Å². The SMILES string of the molecule is COc1ccc(/C=C\c2ccc(Cl)cc2)cc1. The van der Waals surface area contributed by atoms with Gasteiger partial charge in [0.25, 0.3) is 0 Å². The first-order chi connectivity index (χ1) is 8.28. The predicted molar refractivity (Wildman–Crippen MR) is 73.4 cm³/mol. The molecule has 0 aromatic heterocycles. The summed E-state index contributed by atoms with van der Waals surface area (Å²) in [6.45, 7) is 0. The Balaban J connectivity index is 2.11. The average molecular weight is 245 g/mol. The zero-order valence-electron chi connectivity index (χ0n) is 9.56. The van der Waals surface area contributed by atoms with Gasteiger partial charge in [-0.05, 0) is 35.4 Å². The number of halogens is 1. The molecule has 2 aromatic rings. The van der Waals surface area contributed by atoms with Gasteiger partial charge in [-0.3, -0.25) is 0 Å². The molecule has 0 N–H and O–H groups in total. The van der Waals surface area contributed by atoms with E-state index in [9.17, 15) is 0 Å². The van der Waals surface area contributed by atoms with Gasteiger partial charge >= 0.3 is 0 Å². The summed E-state index contributed by atoms with van der Waals surface area (Å²) in [5.74, 6) is 0.869. The first-order valence-electron chi connectivity index (χ1n) is 5.35. The number of hydrogen-bond acceptors (Lipinski definition) is 1. The summed E-state index contributed by atoms with van der Waals surface area (Å²) in [5, 5.41) is 0.756. The van der Waals surface area contributed by atoms with Crippen LogP contribution in [0.25, 0.3) is 12.2 Å². The van der Waals surface area contributed by atoms with Crippen LogP contribution in [0.3, 0.4) is 0 Å². The van der Waals surface area contributed by atoms with E-state index in [-0.39, 0.29) is 0 Å². The van der Waals surface area contributed by atoms with Crippen LogP contribution < -0.4 is 4.74 Å². The molecule has 0 aliphatic rings. The molecule has 0 aliphatic carbocycles. The molecule has 86 valence electrons. The minimum atomic E-state index is 0.756. The van der Waals surface area contributed by atoms with E-state index in [0.717, 1.165) is 21.9 Å². The first kappa shape index (κ1) is 11.7. The highest BCUT2D eigenvalue weighted by molar-refractivity contribution is 6.30. The van der Waals surface area contributed by atoms with E-state index in [0.29, 0.717) is 0 Å². The fraction of sp³-hybridized carbons (Fsp3) is 0.0667. The molecule has 0 amide bonds. The van der Waals surface area contributed by atoms with Crippen LogP contribution in [0.1, 0.15) is 11.1 Å². The molecule has 0 heterocycles. The van der Waals surface area contributed by atoms with Crippen molar-refractivity contribution >= 4 is 23.8 Å². The Bertz CT molecular complexity index is 497. The first-order valence-corrected chi connectivity index (χ1v) is 5.73. The van der Waals surface area contributed by atoms with Crippen LogP contribution in [0.5, 0.6) is 5.75 Å². The average Bonchev–Trinajstić information content (AvgIpc) is 2.39. The fourth-order valence-corrected chi connectivity index (χ4v) is 1.61. The zero-order chi connectivity index (χ0) is 12.1. The molecule has 2 rings (SSSR count). The monoisotopic (exact) mass is 244 g/mol. The highest BCUT2D eigenvalue weighted by Gasteiger charge is 1.91. The van der Waals surface area contributed by atoms with E-state index in [1.165, 1.54) is 0 Å². The topological polar surface area (TPSA) is 9.23 Å². The Morgan fingerprint density at radius 1 is 0.824 bits per heavy atom. The number of benzene rings is 2. The van der Waals surface area contributed by atoms with Crippen molar-refractivity contribution in [3.05, 3.63) is 64.7 Å². The van der Waals surface area contributed by atoms with Gasteiger partial charge in [-0.25, -0.2) is 0 Å². The van der Waals surface area contributed by atoms with Crippen molar-refractivity contribution in [3.8, 4) is 5.75 Å². The van der Waals surface area contributed by atoms with E-state index in [1.54, 1.807) is 7.11 Å². The molecule has 17 heavy (non-hydrogen) atoms. The number of hydrogen-bond donors (Lipinski definition) is 0. The molecule has 1 nitrogen and oxygen atoms in total. The van der Waals surface area contributed by atoms with Gasteiger partial charge in [0.15, 0.2) is 0 Å². The largest absolute Gasteiger partial charge is 0.497 e. The van der Waals surface area contributed by atoms with Crippen molar-refractivity contribution in [2.75, 3.05) is 7.11 Å². The van der Waals surface area contributed by atoms with Crippen molar-refractivity contribution in [1.82, 2.24) is 0 Å². The summed E-state index contributed by atoms with van der Waals surface area (Å²) in [5.41, 5.74) is 2.27. The van der Waals surface area contributed by atoms with Gasteiger partial charge in [0.2, 0.25) is 0 Å². The van der Waals surface area contributed by atoms with Crippen molar-refractivity contribution in [2.24, 2.45) is 0 Å². The standard InChI is InChI=1S/C15H13ClO/c1-17-15-10-6-13(7-11-15)3-2-12-4-8-14(16)9-5-12/h2-11H,1H3/b3-2-. The third-order valence-electron chi connectivity index (χ3n) is 2.45. The molecular weight excluding hydrogens is 232 g/mol. The third kappa shape index (κ3) is 3.36. The maximum atomic E-state index is 5.82. The highest BCUT2D eigenvalue weighted by atomic mass is 35.5. The molecule has 0 radical (unpaired) electrons. The normalized spacial score (nSPS) is 10.7. The third-order valence-corrected chi connectivity index (χ3v) is 2.71. The summed E-state index contributed by atoms with van der Waals surface area (Å²) in [7, 11) is 1.67. The van der Waals surface area contributed by atoms with Crippen molar-refractivity contribution in [1.29, 1.82) is 0 Å². The van der Waals surface area contributed by atoms with Crippen molar-refractivity contribution in [2.45, 2.75) is 0 Å². The highest BCUT2D eigenvalue weighted by Crippen LogP contribution is 2.15. The van der Waals surface area contributed by atoms with E-state index in [1.807, 2.05) is 48.5 Å². The maximum Gasteiger partial charge on any atom is 0.118 e. The number of ether oxygens (including phenoxy) is 1. The van der Waals surface area contributed by atoms with Gasteiger partial charge in [0.05, 0.1) is 7.11 Å². The molecular formula is C15H13ClO. The second-order valence-corrected chi connectivity index (χ2v) is 4.09. The Labute approximate surface area is 106 Å². The number of methoxy groups -OCH3 is 1. The van der Waals surface area contributed by atoms with Gasteiger partial charge in [-0.15, -0.1) is 0 Å². The van der Waals surface area contributed by atoms with Gasteiger partial charge in [0.1, 0.15) is 5.75 Å². The fourth-order valence-electron chi connectivity index (χ4n) is 1.48. The lowest BCUT2D eigenvalue weighted by Gasteiger charge is -1.99. The molecule has 0 spiro atoms. The molecule has 0 saturated heterocycles. The Morgan fingerprint density at radius 2 is 1.29 bits per heavy atom. The van der Waals surface area contributed by atoms with Gasteiger partial charge < -0.3 is 4.74 Å². The lowest BCUT2D eigenvalue weighted by Crippen LogP contribution is -1.81. The molecule has 0 saturated carbocycles. The summed E-state index contributed by atoms with van der Waals surface area (Å²) in [4.78, 5) is 0. The minimum absolute atomic E-state index is 0.756. The van der Waals surface area contributed by atoms with Gasteiger partial charge in [0, 0.05) is 5.02 Å². The molecule has 0 bridgehead atoms. The van der Waals surface area contributed by atoms with E-state index in [2.05, 4.69) is 12.2 Å². The lowest BCUT2D eigenvalue weighted by atomic mass is 10.1. The van der Waals surface area contributed by atoms with E-state index >= 15 is 0 Å². The Kier molecular flexibility index (Phi) is 3.84. The molecule has 0 atom stereocenters. The molecule has 2 aromatic carbocycles. The zero-order valence-corrected chi connectivity index (χ0v) is 10.3. The van der Waals surface area contributed by atoms with Crippen LogP contribution in [0.4, 0.5) is 0 Å². The maximum absolute atomic E-state index is 5.82. The van der Waals surface area contributed by atoms with Crippen LogP contribution >= 0.6 is 11.6 Å². The summed E-state index contributed by atoms with van der Waals surface area (Å²) in [6, 6.07) is 15.7. The minimum Gasteiger partial charge on any atom is -0.497 e. The van der Waals surface area contributed by atoms with Crippen LogP contribution in [-0.2, 0) is 0 Å². The quantitative estimate of drug-likeness (QED) is 0.722. The molecule has 0 fully saturated rings. The molecule has 0 aliphatic heterocycles. The second-order valence-electron chi connectivity index (χ2n) is 3.66. The van der Waals surface area contributed by atoms with Gasteiger partial charge in [-0.2, -0.15) is 0 Å².